The minimum absolute atomic E-state index is 0.374. The highest BCUT2D eigenvalue weighted by Crippen LogP contribution is 2.32. The number of benzene rings is 1. The monoisotopic (exact) mass is 313 g/mol. The Bertz CT molecular complexity index is 1120. The SMILES string of the molecule is CNc1nc2ccc(-c3cc4c(=O)[nH]c(=O)[nH]c4s3)cc2[nH]1. The fourth-order valence-corrected chi connectivity index (χ4v) is 3.43. The fourth-order valence-electron chi connectivity index (χ4n) is 2.38. The van der Waals surface area contributed by atoms with E-state index in [1.165, 1.54) is 11.3 Å². The molecule has 4 N–H and O–H groups in total. The number of imidazole rings is 1. The quantitative estimate of drug-likeness (QED) is 0.453. The lowest BCUT2D eigenvalue weighted by molar-refractivity contribution is 1.09. The summed E-state index contributed by atoms with van der Waals surface area (Å²) in [4.78, 5) is 37.0. The van der Waals surface area contributed by atoms with Gasteiger partial charge in [-0.3, -0.25) is 14.8 Å². The summed E-state index contributed by atoms with van der Waals surface area (Å²) in [6, 6.07) is 7.62. The van der Waals surface area contributed by atoms with Crippen molar-refractivity contribution < 1.29 is 0 Å². The number of hydrogen-bond donors (Lipinski definition) is 4. The maximum absolute atomic E-state index is 11.8. The molecule has 0 fully saturated rings. The van der Waals surface area contributed by atoms with Gasteiger partial charge < -0.3 is 10.3 Å². The number of thiophene rings is 1. The zero-order valence-electron chi connectivity index (χ0n) is 11.5. The molecule has 0 unspecified atom stereocenters. The van der Waals surface area contributed by atoms with Crippen LogP contribution in [-0.2, 0) is 0 Å². The summed E-state index contributed by atoms with van der Waals surface area (Å²) in [6.07, 6.45) is 0. The molecule has 0 saturated carbocycles. The van der Waals surface area contributed by atoms with Crippen LogP contribution in [-0.4, -0.2) is 27.0 Å². The van der Waals surface area contributed by atoms with E-state index in [2.05, 4.69) is 25.3 Å². The molecule has 22 heavy (non-hydrogen) atoms. The number of hydrogen-bond acceptors (Lipinski definition) is 5. The number of aromatic nitrogens is 4. The highest BCUT2D eigenvalue weighted by atomic mass is 32.1. The smallest absolute Gasteiger partial charge is 0.326 e. The Kier molecular flexibility index (Phi) is 2.67. The van der Waals surface area contributed by atoms with E-state index >= 15 is 0 Å². The molecule has 0 radical (unpaired) electrons. The Morgan fingerprint density at radius 2 is 2.00 bits per heavy atom. The Balaban J connectivity index is 1.92. The molecule has 0 spiro atoms. The zero-order chi connectivity index (χ0) is 15.3. The van der Waals surface area contributed by atoms with Gasteiger partial charge in [0.1, 0.15) is 4.83 Å². The summed E-state index contributed by atoms with van der Waals surface area (Å²) >= 11 is 1.37. The van der Waals surface area contributed by atoms with Crippen LogP contribution >= 0.6 is 11.3 Å². The standard InChI is InChI=1S/C14H11N5O2S/c1-15-13-16-8-3-2-6(4-9(8)17-13)10-5-7-11(20)18-14(21)19-12(7)22-10/h2-5H,1H3,(H2,15,16,17)(H2,18,19,20,21). The van der Waals surface area contributed by atoms with Crippen molar-refractivity contribution in [3.63, 3.8) is 0 Å². The Morgan fingerprint density at radius 1 is 1.14 bits per heavy atom. The first kappa shape index (κ1) is 12.8. The van der Waals surface area contributed by atoms with E-state index in [4.69, 9.17) is 0 Å². The van der Waals surface area contributed by atoms with E-state index in [9.17, 15) is 9.59 Å². The number of fused-ring (bicyclic) bond motifs is 2. The molecule has 1 aromatic carbocycles. The Hall–Kier alpha value is -2.87. The summed E-state index contributed by atoms with van der Waals surface area (Å²) < 4.78 is 0. The first-order chi connectivity index (χ1) is 10.6. The van der Waals surface area contributed by atoms with Crippen LogP contribution in [0.15, 0.2) is 33.9 Å². The van der Waals surface area contributed by atoms with Crippen molar-refractivity contribution in [2.75, 3.05) is 12.4 Å². The number of H-pyrrole nitrogens is 3. The van der Waals surface area contributed by atoms with Gasteiger partial charge in [-0.1, -0.05) is 6.07 Å². The van der Waals surface area contributed by atoms with Gasteiger partial charge in [0.15, 0.2) is 0 Å². The van der Waals surface area contributed by atoms with Gasteiger partial charge in [0, 0.05) is 11.9 Å². The van der Waals surface area contributed by atoms with Gasteiger partial charge in [-0.2, -0.15) is 0 Å². The van der Waals surface area contributed by atoms with Gasteiger partial charge in [0.05, 0.1) is 16.4 Å². The van der Waals surface area contributed by atoms with E-state index in [1.54, 1.807) is 13.1 Å². The van der Waals surface area contributed by atoms with Crippen molar-refractivity contribution >= 4 is 38.5 Å². The number of aromatic amines is 3. The van der Waals surface area contributed by atoms with Gasteiger partial charge in [-0.15, -0.1) is 11.3 Å². The lowest BCUT2D eigenvalue weighted by atomic mass is 10.1. The second kappa shape index (κ2) is 4.57. The molecule has 3 aromatic heterocycles. The van der Waals surface area contributed by atoms with Crippen LogP contribution in [0.5, 0.6) is 0 Å². The molecule has 0 amide bonds. The number of nitrogens with one attached hydrogen (secondary N) is 4. The molecule has 0 bridgehead atoms. The third-order valence-electron chi connectivity index (χ3n) is 3.43. The summed E-state index contributed by atoms with van der Waals surface area (Å²) in [5.41, 5.74) is 1.86. The summed E-state index contributed by atoms with van der Waals surface area (Å²) in [5.74, 6) is 0.698. The number of anilines is 1. The molecule has 0 aliphatic rings. The molecule has 0 aliphatic carbocycles. The van der Waals surface area contributed by atoms with Crippen molar-refractivity contribution in [2.24, 2.45) is 0 Å². The highest BCUT2D eigenvalue weighted by Gasteiger charge is 2.10. The fraction of sp³-hybridized carbons (Fsp3) is 0.0714. The third kappa shape index (κ3) is 1.92. The van der Waals surface area contributed by atoms with Crippen LogP contribution in [0, 0.1) is 0 Å². The van der Waals surface area contributed by atoms with Gasteiger partial charge >= 0.3 is 5.69 Å². The lowest BCUT2D eigenvalue weighted by Gasteiger charge is -1.96. The predicted octanol–water partition coefficient (Wildman–Crippen LogP) is 1.86. The molecule has 3 heterocycles. The minimum atomic E-state index is -0.492. The minimum Gasteiger partial charge on any atom is -0.359 e. The van der Waals surface area contributed by atoms with Crippen molar-refractivity contribution in [3.05, 3.63) is 45.1 Å². The van der Waals surface area contributed by atoms with Gasteiger partial charge in [-0.25, -0.2) is 9.78 Å². The molecule has 4 rings (SSSR count). The maximum atomic E-state index is 11.8. The first-order valence-electron chi connectivity index (χ1n) is 6.58. The van der Waals surface area contributed by atoms with Crippen LogP contribution in [0.2, 0.25) is 0 Å². The molecule has 8 heteroatoms. The second-order valence-electron chi connectivity index (χ2n) is 4.83. The molecule has 0 atom stereocenters. The largest absolute Gasteiger partial charge is 0.359 e. The summed E-state index contributed by atoms with van der Waals surface area (Å²) in [7, 11) is 1.80. The van der Waals surface area contributed by atoms with E-state index in [1.807, 2.05) is 18.2 Å². The molecular weight excluding hydrogens is 302 g/mol. The van der Waals surface area contributed by atoms with Crippen LogP contribution in [0.3, 0.4) is 0 Å². The van der Waals surface area contributed by atoms with Crippen molar-refractivity contribution in [3.8, 4) is 10.4 Å². The number of nitrogens with zero attached hydrogens (tertiary/aromatic N) is 1. The summed E-state index contributed by atoms with van der Waals surface area (Å²) in [5, 5.41) is 3.45. The van der Waals surface area contributed by atoms with E-state index < -0.39 is 5.69 Å². The zero-order valence-corrected chi connectivity index (χ0v) is 12.3. The normalized spacial score (nSPS) is 11.3. The lowest BCUT2D eigenvalue weighted by Crippen LogP contribution is -2.20. The van der Waals surface area contributed by atoms with Crippen molar-refractivity contribution in [1.29, 1.82) is 0 Å². The molecule has 0 saturated heterocycles. The predicted molar refractivity (Wildman–Crippen MR) is 87.7 cm³/mol. The van der Waals surface area contributed by atoms with E-state index in [-0.39, 0.29) is 5.56 Å². The maximum Gasteiger partial charge on any atom is 0.326 e. The number of rotatable bonds is 2. The average molecular weight is 313 g/mol. The van der Waals surface area contributed by atoms with Crippen LogP contribution in [0.4, 0.5) is 5.95 Å². The summed E-state index contributed by atoms with van der Waals surface area (Å²) in [6.45, 7) is 0. The Labute approximate surface area is 127 Å². The molecule has 0 aliphatic heterocycles. The van der Waals surface area contributed by atoms with Crippen LogP contribution in [0.25, 0.3) is 31.7 Å². The highest BCUT2D eigenvalue weighted by molar-refractivity contribution is 7.21. The third-order valence-corrected chi connectivity index (χ3v) is 4.53. The van der Waals surface area contributed by atoms with Gasteiger partial charge in [0.25, 0.3) is 5.56 Å². The average Bonchev–Trinajstić information content (AvgIpc) is 3.09. The van der Waals surface area contributed by atoms with Crippen LogP contribution in [0.1, 0.15) is 0 Å². The van der Waals surface area contributed by atoms with Gasteiger partial charge in [0.2, 0.25) is 5.95 Å². The molecular formula is C14H11N5O2S. The van der Waals surface area contributed by atoms with E-state index in [0.29, 0.717) is 16.2 Å². The van der Waals surface area contributed by atoms with Crippen molar-refractivity contribution in [2.45, 2.75) is 0 Å². The topological polar surface area (TPSA) is 106 Å². The Morgan fingerprint density at radius 3 is 2.82 bits per heavy atom. The second-order valence-corrected chi connectivity index (χ2v) is 5.88. The molecule has 7 nitrogen and oxygen atoms in total. The van der Waals surface area contributed by atoms with Gasteiger partial charge in [-0.05, 0) is 23.8 Å². The molecule has 4 aromatic rings. The first-order valence-corrected chi connectivity index (χ1v) is 7.40. The van der Waals surface area contributed by atoms with Crippen molar-refractivity contribution in [1.82, 2.24) is 19.9 Å². The van der Waals surface area contributed by atoms with E-state index in [0.717, 1.165) is 21.5 Å². The van der Waals surface area contributed by atoms with Crippen LogP contribution < -0.4 is 16.6 Å². The molecule has 110 valence electrons.